The fourth-order valence-electron chi connectivity index (χ4n) is 3.40. The molecule has 0 spiro atoms. The van der Waals surface area contributed by atoms with Gasteiger partial charge in [0, 0.05) is 5.56 Å². The van der Waals surface area contributed by atoms with Gasteiger partial charge in [-0.15, -0.1) is 0 Å². The smallest absolute Gasteiger partial charge is 0.164 e. The summed E-state index contributed by atoms with van der Waals surface area (Å²) in [4.78, 5) is 8.64. The number of fused-ring (bicyclic) bond motifs is 1. The number of rotatable bonds is 2. The van der Waals surface area contributed by atoms with Crippen LogP contribution in [-0.4, -0.2) is 19.7 Å². The summed E-state index contributed by atoms with van der Waals surface area (Å²) >= 11 is 0. The molecule has 0 saturated heterocycles. The van der Waals surface area contributed by atoms with E-state index in [1.165, 1.54) is 23.0 Å². The largest absolute Gasteiger partial charge is 0.383 e. The molecule has 5 nitrogen and oxygen atoms in total. The van der Waals surface area contributed by atoms with Gasteiger partial charge in [0.1, 0.15) is 17.8 Å². The van der Waals surface area contributed by atoms with Gasteiger partial charge in [-0.3, -0.25) is 0 Å². The van der Waals surface area contributed by atoms with Gasteiger partial charge >= 0.3 is 0 Å². The minimum absolute atomic E-state index is 0.212. The van der Waals surface area contributed by atoms with Crippen molar-refractivity contribution in [3.05, 3.63) is 60.4 Å². The molecule has 0 aliphatic rings. The molecule has 2 aromatic heterocycles. The average molecular weight is 357 g/mol. The number of nitrogens with zero attached hydrogens (tertiary/aromatic N) is 4. The van der Waals surface area contributed by atoms with Crippen molar-refractivity contribution in [3.8, 4) is 22.4 Å². The van der Waals surface area contributed by atoms with E-state index in [0.717, 1.165) is 22.3 Å². The number of aromatic nitrogens is 4. The number of nitrogens with two attached hydrogens (primary N) is 1. The summed E-state index contributed by atoms with van der Waals surface area (Å²) in [5, 5.41) is 5.67. The quantitative estimate of drug-likeness (QED) is 0.559. The van der Waals surface area contributed by atoms with Crippen LogP contribution in [0.3, 0.4) is 0 Å². The van der Waals surface area contributed by atoms with E-state index in [4.69, 9.17) is 10.8 Å². The lowest BCUT2D eigenvalue weighted by Gasteiger charge is -2.19. The number of aryl methyl sites for hydroxylation is 1. The molecule has 136 valence electrons. The van der Waals surface area contributed by atoms with Crippen molar-refractivity contribution < 1.29 is 0 Å². The SMILES string of the molecule is Cc1cc(-c2nn(C(C)(C)C)c3ncnc(N)c23)ccc1-c1ccccc1. The molecule has 0 aliphatic carbocycles. The van der Waals surface area contributed by atoms with Crippen LogP contribution < -0.4 is 5.73 Å². The molecule has 27 heavy (non-hydrogen) atoms. The van der Waals surface area contributed by atoms with Gasteiger partial charge in [-0.1, -0.05) is 42.5 Å². The van der Waals surface area contributed by atoms with E-state index < -0.39 is 0 Å². The van der Waals surface area contributed by atoms with E-state index in [-0.39, 0.29) is 5.54 Å². The van der Waals surface area contributed by atoms with E-state index in [9.17, 15) is 0 Å². The molecule has 5 heteroatoms. The second-order valence-corrected chi connectivity index (χ2v) is 7.78. The number of hydrogen-bond acceptors (Lipinski definition) is 4. The molecule has 0 saturated carbocycles. The minimum Gasteiger partial charge on any atom is -0.383 e. The molecule has 2 heterocycles. The highest BCUT2D eigenvalue weighted by atomic mass is 15.3. The predicted octanol–water partition coefficient (Wildman–Crippen LogP) is 4.81. The second kappa shape index (κ2) is 6.20. The van der Waals surface area contributed by atoms with Crippen molar-refractivity contribution in [2.24, 2.45) is 0 Å². The Morgan fingerprint density at radius 2 is 1.67 bits per heavy atom. The maximum atomic E-state index is 6.21. The highest BCUT2D eigenvalue weighted by Crippen LogP contribution is 2.35. The Morgan fingerprint density at radius 3 is 2.33 bits per heavy atom. The Balaban J connectivity index is 1.92. The van der Waals surface area contributed by atoms with Crippen molar-refractivity contribution in [1.29, 1.82) is 0 Å². The van der Waals surface area contributed by atoms with Crippen molar-refractivity contribution >= 4 is 16.9 Å². The molecule has 0 atom stereocenters. The normalized spacial score (nSPS) is 11.9. The lowest BCUT2D eigenvalue weighted by atomic mass is 9.97. The molecular weight excluding hydrogens is 334 g/mol. The first-order valence-electron chi connectivity index (χ1n) is 9.02. The summed E-state index contributed by atoms with van der Waals surface area (Å²) in [6, 6.07) is 16.8. The summed E-state index contributed by atoms with van der Waals surface area (Å²) < 4.78 is 1.93. The molecule has 4 rings (SSSR count). The van der Waals surface area contributed by atoms with Crippen LogP contribution in [0.15, 0.2) is 54.9 Å². The summed E-state index contributed by atoms with van der Waals surface area (Å²) in [6.45, 7) is 8.43. The number of nitrogen functional groups attached to an aromatic ring is 1. The molecule has 0 fully saturated rings. The fourth-order valence-corrected chi connectivity index (χ4v) is 3.40. The van der Waals surface area contributed by atoms with E-state index in [0.29, 0.717) is 5.82 Å². The molecule has 0 unspecified atom stereocenters. The molecular formula is C22H23N5. The van der Waals surface area contributed by atoms with Gasteiger partial charge in [-0.2, -0.15) is 5.10 Å². The summed E-state index contributed by atoms with van der Waals surface area (Å²) in [5.74, 6) is 0.454. The average Bonchev–Trinajstić information content (AvgIpc) is 3.04. The molecule has 0 bridgehead atoms. The summed E-state index contributed by atoms with van der Waals surface area (Å²) in [7, 11) is 0. The van der Waals surface area contributed by atoms with Gasteiger partial charge < -0.3 is 5.73 Å². The van der Waals surface area contributed by atoms with Gasteiger partial charge in [-0.25, -0.2) is 14.6 Å². The van der Waals surface area contributed by atoms with Crippen molar-refractivity contribution in [2.75, 3.05) is 5.73 Å². The third kappa shape index (κ3) is 2.95. The topological polar surface area (TPSA) is 69.6 Å². The van der Waals surface area contributed by atoms with Crippen LogP contribution in [0.5, 0.6) is 0 Å². The molecule has 0 aliphatic heterocycles. The highest BCUT2D eigenvalue weighted by Gasteiger charge is 2.24. The maximum Gasteiger partial charge on any atom is 0.164 e. The predicted molar refractivity (Wildman–Crippen MR) is 110 cm³/mol. The van der Waals surface area contributed by atoms with E-state index in [1.54, 1.807) is 0 Å². The van der Waals surface area contributed by atoms with Crippen LogP contribution in [0.4, 0.5) is 5.82 Å². The van der Waals surface area contributed by atoms with Crippen LogP contribution >= 0.6 is 0 Å². The Morgan fingerprint density at radius 1 is 0.926 bits per heavy atom. The standard InChI is InChI=1S/C22H23N5/c1-14-12-16(10-11-17(14)15-8-6-5-7-9-15)19-18-20(23)24-13-25-21(18)27(26-19)22(2,3)4/h5-13H,1-4H3,(H2,23,24,25). The van der Waals surface area contributed by atoms with Crippen LogP contribution in [0.1, 0.15) is 26.3 Å². The number of hydrogen-bond donors (Lipinski definition) is 1. The third-order valence-corrected chi connectivity index (χ3v) is 4.71. The first kappa shape index (κ1) is 17.2. The van der Waals surface area contributed by atoms with Crippen LogP contribution in [-0.2, 0) is 5.54 Å². The van der Waals surface area contributed by atoms with Gasteiger partial charge in [0.25, 0.3) is 0 Å². The monoisotopic (exact) mass is 357 g/mol. The highest BCUT2D eigenvalue weighted by molar-refractivity contribution is 5.98. The van der Waals surface area contributed by atoms with E-state index in [2.05, 4.69) is 80.1 Å². The third-order valence-electron chi connectivity index (χ3n) is 4.71. The fraction of sp³-hybridized carbons (Fsp3) is 0.227. The molecule has 4 aromatic rings. The minimum atomic E-state index is -0.212. The molecule has 2 N–H and O–H groups in total. The molecule has 0 amide bonds. The lowest BCUT2D eigenvalue weighted by molar-refractivity contribution is 0.367. The Labute approximate surface area is 158 Å². The van der Waals surface area contributed by atoms with E-state index >= 15 is 0 Å². The van der Waals surface area contributed by atoms with Crippen LogP contribution in [0.25, 0.3) is 33.4 Å². The Hall–Kier alpha value is -3.21. The lowest BCUT2D eigenvalue weighted by Crippen LogP contribution is -2.23. The van der Waals surface area contributed by atoms with Crippen molar-refractivity contribution in [2.45, 2.75) is 33.2 Å². The zero-order valence-corrected chi connectivity index (χ0v) is 16.1. The first-order valence-corrected chi connectivity index (χ1v) is 9.02. The van der Waals surface area contributed by atoms with Crippen LogP contribution in [0, 0.1) is 6.92 Å². The number of anilines is 1. The zero-order chi connectivity index (χ0) is 19.2. The van der Waals surface area contributed by atoms with Gasteiger partial charge in [-0.05, 0) is 50.5 Å². The summed E-state index contributed by atoms with van der Waals surface area (Å²) in [5.41, 5.74) is 12.2. The van der Waals surface area contributed by atoms with Gasteiger partial charge in [0.2, 0.25) is 0 Å². The zero-order valence-electron chi connectivity index (χ0n) is 16.1. The molecule has 2 aromatic carbocycles. The maximum absolute atomic E-state index is 6.21. The van der Waals surface area contributed by atoms with Gasteiger partial charge in [0.05, 0.1) is 10.9 Å². The first-order chi connectivity index (χ1) is 12.9. The summed E-state index contributed by atoms with van der Waals surface area (Å²) in [6.07, 6.45) is 1.50. The Kier molecular flexibility index (Phi) is 3.95. The molecule has 0 radical (unpaired) electrons. The van der Waals surface area contributed by atoms with Crippen LogP contribution in [0.2, 0.25) is 0 Å². The number of benzene rings is 2. The Bertz CT molecular complexity index is 1120. The second-order valence-electron chi connectivity index (χ2n) is 7.78. The van der Waals surface area contributed by atoms with Crippen molar-refractivity contribution in [3.63, 3.8) is 0 Å². The van der Waals surface area contributed by atoms with Gasteiger partial charge in [0.15, 0.2) is 5.65 Å². The van der Waals surface area contributed by atoms with E-state index in [1.807, 2.05) is 10.7 Å². The van der Waals surface area contributed by atoms with Crippen molar-refractivity contribution in [1.82, 2.24) is 19.7 Å².